The Balaban J connectivity index is 2.05. The van der Waals surface area contributed by atoms with Gasteiger partial charge in [0.05, 0.1) is 24.8 Å². The van der Waals surface area contributed by atoms with Gasteiger partial charge < -0.3 is 19.7 Å². The van der Waals surface area contributed by atoms with E-state index in [2.05, 4.69) is 5.32 Å². The number of nitrogens with one attached hydrogen (secondary N) is 1. The summed E-state index contributed by atoms with van der Waals surface area (Å²) in [5, 5.41) is 2.80. The molecule has 2 amide bonds. The quantitative estimate of drug-likeness (QED) is 0.317. The first kappa shape index (κ1) is 30.5. The molecule has 1 atom stereocenters. The number of ether oxygens (including phenoxy) is 2. The fraction of sp³-hybridized carbons (Fsp3) is 0.333. The van der Waals surface area contributed by atoms with Crippen LogP contribution in [0.5, 0.6) is 11.5 Å². The van der Waals surface area contributed by atoms with E-state index in [9.17, 15) is 18.0 Å². The maximum absolute atomic E-state index is 14.0. The fourth-order valence-electron chi connectivity index (χ4n) is 4.42. The second-order valence-electron chi connectivity index (χ2n) is 9.01. The average Bonchev–Trinajstić information content (AvgIpc) is 2.98. The third-order valence-corrected chi connectivity index (χ3v) is 8.27. The summed E-state index contributed by atoms with van der Waals surface area (Å²) in [6.45, 7) is 3.78. The van der Waals surface area contributed by atoms with E-state index in [1.165, 1.54) is 37.3 Å². The lowest BCUT2D eigenvalue weighted by atomic mass is 10.1. The van der Waals surface area contributed by atoms with Gasteiger partial charge in [-0.1, -0.05) is 55.5 Å². The lowest BCUT2D eigenvalue weighted by molar-refractivity contribution is -0.139. The zero-order chi connectivity index (χ0) is 29.1. The lowest BCUT2D eigenvalue weighted by Crippen LogP contribution is -2.53. The minimum absolute atomic E-state index is 0.0317. The van der Waals surface area contributed by atoms with E-state index in [1.807, 2.05) is 44.2 Å². The van der Waals surface area contributed by atoms with E-state index in [1.54, 1.807) is 30.3 Å². The van der Waals surface area contributed by atoms with Gasteiger partial charge >= 0.3 is 0 Å². The number of hydrogen-bond donors (Lipinski definition) is 1. The molecule has 40 heavy (non-hydrogen) atoms. The van der Waals surface area contributed by atoms with Gasteiger partial charge in [0, 0.05) is 19.2 Å². The molecule has 214 valence electrons. The van der Waals surface area contributed by atoms with Crippen molar-refractivity contribution in [3.8, 4) is 11.5 Å². The molecule has 0 unspecified atom stereocenters. The molecule has 3 rings (SSSR count). The van der Waals surface area contributed by atoms with Crippen LogP contribution in [0.15, 0.2) is 83.8 Å². The van der Waals surface area contributed by atoms with Gasteiger partial charge in [0.1, 0.15) is 12.6 Å². The van der Waals surface area contributed by atoms with Crippen molar-refractivity contribution in [1.82, 2.24) is 10.2 Å². The number of anilines is 1. The third kappa shape index (κ3) is 7.32. The minimum atomic E-state index is -4.17. The van der Waals surface area contributed by atoms with Crippen molar-refractivity contribution in [1.29, 1.82) is 0 Å². The van der Waals surface area contributed by atoms with Crippen molar-refractivity contribution < 1.29 is 27.5 Å². The summed E-state index contributed by atoms with van der Waals surface area (Å²) < 4.78 is 39.6. The first-order valence-electron chi connectivity index (χ1n) is 13.2. The molecule has 0 radical (unpaired) electrons. The van der Waals surface area contributed by atoms with E-state index in [0.29, 0.717) is 30.9 Å². The molecule has 0 aromatic heterocycles. The van der Waals surface area contributed by atoms with Crippen LogP contribution in [0.25, 0.3) is 0 Å². The molecule has 0 fully saturated rings. The Morgan fingerprint density at radius 2 is 1.50 bits per heavy atom. The first-order chi connectivity index (χ1) is 19.3. The molecular formula is C30H37N3O6S. The van der Waals surface area contributed by atoms with Crippen LogP contribution in [-0.4, -0.2) is 65.0 Å². The summed E-state index contributed by atoms with van der Waals surface area (Å²) in [7, 11) is -1.24. The topological polar surface area (TPSA) is 105 Å². The highest BCUT2D eigenvalue weighted by molar-refractivity contribution is 7.92. The fourth-order valence-corrected chi connectivity index (χ4v) is 5.84. The Morgan fingerprint density at radius 1 is 0.875 bits per heavy atom. The van der Waals surface area contributed by atoms with E-state index < -0.39 is 28.5 Å². The molecule has 9 nitrogen and oxygen atoms in total. The van der Waals surface area contributed by atoms with E-state index in [0.717, 1.165) is 9.87 Å². The molecule has 0 spiro atoms. The molecule has 0 aliphatic carbocycles. The summed E-state index contributed by atoms with van der Waals surface area (Å²) in [4.78, 5) is 28.5. The van der Waals surface area contributed by atoms with Gasteiger partial charge in [-0.05, 0) is 49.6 Å². The molecule has 10 heteroatoms. The number of nitrogens with zero attached hydrogens (tertiary/aromatic N) is 2. The number of carbonyl (C=O) groups is 2. The monoisotopic (exact) mass is 567 g/mol. The van der Waals surface area contributed by atoms with Gasteiger partial charge in [-0.15, -0.1) is 0 Å². The number of carbonyl (C=O) groups excluding carboxylic acids is 2. The Morgan fingerprint density at radius 3 is 2.08 bits per heavy atom. The molecule has 0 bridgehead atoms. The SMILES string of the molecule is CCNC(=O)[C@@H](CC)N(CCc1ccccc1)C(=O)CN(c1ccc(OC)c(OC)c1)S(=O)(=O)c1ccccc1. The molecule has 0 saturated heterocycles. The highest BCUT2D eigenvalue weighted by Gasteiger charge is 2.33. The number of benzene rings is 3. The van der Waals surface area contributed by atoms with Crippen LogP contribution in [0.2, 0.25) is 0 Å². The van der Waals surface area contributed by atoms with Crippen LogP contribution in [0.1, 0.15) is 25.8 Å². The summed E-state index contributed by atoms with van der Waals surface area (Å²) in [5.74, 6) is -0.0462. The summed E-state index contributed by atoms with van der Waals surface area (Å²) in [5.41, 5.74) is 1.23. The molecule has 0 heterocycles. The smallest absolute Gasteiger partial charge is 0.264 e. The third-order valence-electron chi connectivity index (χ3n) is 6.49. The Labute approximate surface area is 236 Å². The maximum atomic E-state index is 14.0. The second-order valence-corrected chi connectivity index (χ2v) is 10.9. The average molecular weight is 568 g/mol. The zero-order valence-electron chi connectivity index (χ0n) is 23.4. The second kappa shape index (κ2) is 14.4. The van der Waals surface area contributed by atoms with Crippen LogP contribution in [0.3, 0.4) is 0 Å². The van der Waals surface area contributed by atoms with Gasteiger partial charge in [-0.2, -0.15) is 0 Å². The van der Waals surface area contributed by atoms with Crippen molar-refractivity contribution >= 4 is 27.5 Å². The van der Waals surface area contributed by atoms with Crippen molar-refractivity contribution in [3.05, 3.63) is 84.4 Å². The summed E-state index contributed by atoms with van der Waals surface area (Å²) in [6, 6.07) is 21.4. The van der Waals surface area contributed by atoms with Gasteiger partial charge in [0.2, 0.25) is 11.8 Å². The maximum Gasteiger partial charge on any atom is 0.264 e. The number of rotatable bonds is 14. The standard InChI is InChI=1S/C30H37N3O6S/c1-5-26(30(35)31-6-2)32(20-19-23-13-9-7-10-14-23)29(34)22-33(40(36,37)25-15-11-8-12-16-25)24-17-18-27(38-3)28(21-24)39-4/h7-18,21,26H,5-6,19-20,22H2,1-4H3,(H,31,35)/t26-/m1/s1. The van der Waals surface area contributed by atoms with Gasteiger partial charge in [-0.25, -0.2) is 8.42 Å². The Kier molecular flexibility index (Phi) is 11.0. The van der Waals surface area contributed by atoms with Crippen molar-refractivity contribution in [2.45, 2.75) is 37.6 Å². The number of likely N-dealkylation sites (N-methyl/N-ethyl adjacent to an activating group) is 1. The highest BCUT2D eigenvalue weighted by Crippen LogP contribution is 2.34. The van der Waals surface area contributed by atoms with Crippen molar-refractivity contribution in [2.24, 2.45) is 0 Å². The van der Waals surface area contributed by atoms with Crippen LogP contribution in [-0.2, 0) is 26.0 Å². The van der Waals surface area contributed by atoms with Crippen LogP contribution in [0, 0.1) is 0 Å². The van der Waals surface area contributed by atoms with Crippen LogP contribution >= 0.6 is 0 Å². The molecule has 3 aromatic carbocycles. The van der Waals surface area contributed by atoms with Crippen LogP contribution < -0.4 is 19.1 Å². The number of hydrogen-bond acceptors (Lipinski definition) is 6. The normalized spacial score (nSPS) is 11.8. The summed E-state index contributed by atoms with van der Waals surface area (Å²) >= 11 is 0. The van der Waals surface area contributed by atoms with E-state index in [-0.39, 0.29) is 23.0 Å². The predicted molar refractivity (Wildman–Crippen MR) is 155 cm³/mol. The lowest BCUT2D eigenvalue weighted by Gasteiger charge is -2.33. The van der Waals surface area contributed by atoms with Gasteiger partial charge in [0.15, 0.2) is 11.5 Å². The number of amides is 2. The van der Waals surface area contributed by atoms with E-state index >= 15 is 0 Å². The Bertz CT molecular complexity index is 1370. The predicted octanol–water partition coefficient (Wildman–Crippen LogP) is 3.89. The van der Waals surface area contributed by atoms with Gasteiger partial charge in [0.25, 0.3) is 10.0 Å². The summed E-state index contributed by atoms with van der Waals surface area (Å²) in [6.07, 6.45) is 0.873. The Hall–Kier alpha value is -4.05. The molecule has 0 aliphatic rings. The van der Waals surface area contributed by atoms with Crippen molar-refractivity contribution in [3.63, 3.8) is 0 Å². The van der Waals surface area contributed by atoms with E-state index in [4.69, 9.17) is 9.47 Å². The van der Waals surface area contributed by atoms with Crippen LogP contribution in [0.4, 0.5) is 5.69 Å². The van der Waals surface area contributed by atoms with Gasteiger partial charge in [-0.3, -0.25) is 13.9 Å². The molecule has 1 N–H and O–H groups in total. The highest BCUT2D eigenvalue weighted by atomic mass is 32.2. The molecule has 3 aromatic rings. The number of methoxy groups -OCH3 is 2. The molecule has 0 aliphatic heterocycles. The zero-order valence-corrected chi connectivity index (χ0v) is 24.2. The molecule has 0 saturated carbocycles. The minimum Gasteiger partial charge on any atom is -0.493 e. The molecular weight excluding hydrogens is 530 g/mol. The first-order valence-corrected chi connectivity index (χ1v) is 14.6. The number of sulfonamides is 1. The van der Waals surface area contributed by atoms with Crippen molar-refractivity contribution in [2.75, 3.05) is 38.2 Å². The largest absolute Gasteiger partial charge is 0.493 e.